The van der Waals surface area contributed by atoms with Crippen molar-refractivity contribution in [2.45, 2.75) is 84.0 Å². The average Bonchev–Trinajstić information content (AvgIpc) is 3.02. The van der Waals surface area contributed by atoms with Gasteiger partial charge >= 0.3 is 12.1 Å². The fraction of sp³-hybridized carbons (Fsp3) is 0.810. The van der Waals surface area contributed by atoms with Crippen molar-refractivity contribution in [3.8, 4) is 0 Å². The Balaban J connectivity index is 2.28. The number of hydrogen-bond acceptors (Lipinski definition) is 6. The van der Waals surface area contributed by atoms with Gasteiger partial charge in [0.25, 0.3) is 0 Å². The van der Waals surface area contributed by atoms with Crippen molar-refractivity contribution in [2.75, 3.05) is 20.2 Å². The Labute approximate surface area is 178 Å². The third-order valence-corrected chi connectivity index (χ3v) is 5.29. The Morgan fingerprint density at radius 3 is 2.40 bits per heavy atom. The number of carbonyl (C=O) groups excluding carboxylic acids is 4. The number of esters is 1. The molecule has 2 heterocycles. The lowest BCUT2D eigenvalue weighted by atomic mass is 10.0. The monoisotopic (exact) mass is 425 g/mol. The van der Waals surface area contributed by atoms with E-state index in [2.05, 4.69) is 5.32 Å². The van der Waals surface area contributed by atoms with E-state index < -0.39 is 29.7 Å². The molecule has 9 nitrogen and oxygen atoms in total. The van der Waals surface area contributed by atoms with Gasteiger partial charge in [0.15, 0.2) is 0 Å². The van der Waals surface area contributed by atoms with Crippen molar-refractivity contribution in [2.24, 2.45) is 5.92 Å². The Kier molecular flexibility index (Phi) is 7.71. The van der Waals surface area contributed by atoms with Gasteiger partial charge in [0.2, 0.25) is 11.8 Å². The molecule has 9 heteroatoms. The smallest absolute Gasteiger partial charge is 0.408 e. The van der Waals surface area contributed by atoms with E-state index in [9.17, 15) is 19.2 Å². The van der Waals surface area contributed by atoms with Crippen LogP contribution in [0.4, 0.5) is 4.79 Å². The van der Waals surface area contributed by atoms with Gasteiger partial charge in [0.1, 0.15) is 17.7 Å². The Morgan fingerprint density at radius 1 is 1.17 bits per heavy atom. The predicted octanol–water partition coefficient (Wildman–Crippen LogP) is 1.69. The lowest BCUT2D eigenvalue weighted by Gasteiger charge is -2.38. The number of fused-ring (bicyclic) bond motifs is 1. The van der Waals surface area contributed by atoms with Crippen LogP contribution in [0.3, 0.4) is 0 Å². The number of methoxy groups -OCH3 is 1. The molecule has 2 aliphatic rings. The molecule has 3 atom stereocenters. The molecule has 0 aromatic rings. The van der Waals surface area contributed by atoms with Gasteiger partial charge in [-0.25, -0.2) is 9.59 Å². The lowest BCUT2D eigenvalue weighted by Crippen LogP contribution is -2.60. The number of alkyl carbamates (subject to hydrolysis) is 1. The third kappa shape index (κ3) is 6.09. The topological polar surface area (TPSA) is 105 Å². The second-order valence-electron chi connectivity index (χ2n) is 9.44. The van der Waals surface area contributed by atoms with Crippen LogP contribution in [0, 0.1) is 5.92 Å². The first-order valence-electron chi connectivity index (χ1n) is 10.6. The molecule has 30 heavy (non-hydrogen) atoms. The van der Waals surface area contributed by atoms with Crippen LogP contribution in [0.5, 0.6) is 0 Å². The first-order chi connectivity index (χ1) is 13.9. The quantitative estimate of drug-likeness (QED) is 0.687. The van der Waals surface area contributed by atoms with Gasteiger partial charge in [-0.15, -0.1) is 0 Å². The predicted molar refractivity (Wildman–Crippen MR) is 109 cm³/mol. The van der Waals surface area contributed by atoms with Crippen molar-refractivity contribution >= 4 is 23.9 Å². The van der Waals surface area contributed by atoms with Crippen LogP contribution >= 0.6 is 0 Å². The third-order valence-electron chi connectivity index (χ3n) is 5.29. The van der Waals surface area contributed by atoms with Crippen molar-refractivity contribution in [3.05, 3.63) is 0 Å². The van der Waals surface area contributed by atoms with Crippen molar-refractivity contribution in [3.63, 3.8) is 0 Å². The van der Waals surface area contributed by atoms with E-state index in [4.69, 9.17) is 9.47 Å². The summed E-state index contributed by atoms with van der Waals surface area (Å²) in [7, 11) is 1.30. The molecular formula is C21H35N3O6. The minimum absolute atomic E-state index is 0.0424. The van der Waals surface area contributed by atoms with Crippen LogP contribution in [0.25, 0.3) is 0 Å². The number of hydrogen-bond donors (Lipinski definition) is 1. The van der Waals surface area contributed by atoms with Crippen LogP contribution in [-0.4, -0.2) is 77.6 Å². The standard InChI is InChI=1S/C21H35N3O6/c1-13(2)11-17(25)23-10-9-14-7-8-16(19(27)29-6)24(14)18(26)15(12-23)22-20(28)30-21(3,4)5/h13-16H,7-12H2,1-6H3,(H,22,28)/t14-,15+,16+/m1/s1. The number of rotatable bonds is 4. The molecule has 0 radical (unpaired) electrons. The van der Waals surface area contributed by atoms with E-state index in [-0.39, 0.29) is 30.3 Å². The molecule has 0 aromatic heterocycles. The van der Waals surface area contributed by atoms with Gasteiger partial charge in [-0.3, -0.25) is 9.59 Å². The SMILES string of the molecule is COC(=O)[C@@H]1CC[C@@H]2CCN(C(=O)CC(C)C)C[C@H](NC(=O)OC(C)(C)C)C(=O)N21. The second-order valence-corrected chi connectivity index (χ2v) is 9.44. The second kappa shape index (κ2) is 9.66. The molecule has 0 saturated carbocycles. The molecule has 0 aliphatic carbocycles. The summed E-state index contributed by atoms with van der Waals surface area (Å²) >= 11 is 0. The number of nitrogens with zero attached hydrogens (tertiary/aromatic N) is 2. The molecule has 2 fully saturated rings. The zero-order valence-corrected chi connectivity index (χ0v) is 18.9. The molecule has 2 saturated heterocycles. The normalized spacial score (nSPS) is 24.8. The van der Waals surface area contributed by atoms with Crippen LogP contribution in [-0.2, 0) is 23.9 Å². The average molecular weight is 426 g/mol. The highest BCUT2D eigenvalue weighted by Gasteiger charge is 2.46. The van der Waals surface area contributed by atoms with Gasteiger partial charge in [0.05, 0.1) is 13.7 Å². The molecule has 1 N–H and O–H groups in total. The number of nitrogens with one attached hydrogen (secondary N) is 1. The molecule has 2 aliphatic heterocycles. The number of ether oxygens (including phenoxy) is 2. The fourth-order valence-corrected chi connectivity index (χ4v) is 4.00. The largest absolute Gasteiger partial charge is 0.467 e. The van der Waals surface area contributed by atoms with Crippen LogP contribution < -0.4 is 5.32 Å². The number of amides is 3. The van der Waals surface area contributed by atoms with Gasteiger partial charge in [0, 0.05) is 19.0 Å². The van der Waals surface area contributed by atoms with E-state index in [1.807, 2.05) is 13.8 Å². The van der Waals surface area contributed by atoms with Gasteiger partial charge in [-0.1, -0.05) is 13.8 Å². The molecule has 0 unspecified atom stereocenters. The summed E-state index contributed by atoms with van der Waals surface area (Å²) in [6, 6.07) is -1.85. The van der Waals surface area contributed by atoms with Crippen molar-refractivity contribution in [1.82, 2.24) is 15.1 Å². The summed E-state index contributed by atoms with van der Waals surface area (Å²) in [5, 5.41) is 2.62. The molecule has 0 bridgehead atoms. The summed E-state index contributed by atoms with van der Waals surface area (Å²) in [6.07, 6.45) is 1.37. The van der Waals surface area contributed by atoms with Crippen molar-refractivity contribution in [1.29, 1.82) is 0 Å². The lowest BCUT2D eigenvalue weighted by molar-refractivity contribution is -0.154. The zero-order valence-electron chi connectivity index (χ0n) is 18.9. The van der Waals surface area contributed by atoms with E-state index in [1.54, 1.807) is 25.7 Å². The van der Waals surface area contributed by atoms with E-state index >= 15 is 0 Å². The molecule has 0 spiro atoms. The Morgan fingerprint density at radius 2 is 1.83 bits per heavy atom. The molecule has 170 valence electrons. The highest BCUT2D eigenvalue weighted by Crippen LogP contribution is 2.30. The maximum absolute atomic E-state index is 13.4. The molecule has 2 rings (SSSR count). The van der Waals surface area contributed by atoms with Crippen LogP contribution in [0.1, 0.15) is 60.3 Å². The number of carbonyl (C=O) groups is 4. The maximum Gasteiger partial charge on any atom is 0.408 e. The maximum atomic E-state index is 13.4. The van der Waals surface area contributed by atoms with Crippen LogP contribution in [0.15, 0.2) is 0 Å². The highest BCUT2D eigenvalue weighted by molar-refractivity contribution is 5.91. The summed E-state index contributed by atoms with van der Waals surface area (Å²) in [6.45, 7) is 9.62. The summed E-state index contributed by atoms with van der Waals surface area (Å²) < 4.78 is 10.2. The minimum atomic E-state index is -0.996. The van der Waals surface area contributed by atoms with Gasteiger partial charge < -0.3 is 24.6 Å². The van der Waals surface area contributed by atoms with Crippen molar-refractivity contribution < 1.29 is 28.7 Å². The summed E-state index contributed by atoms with van der Waals surface area (Å²) in [4.78, 5) is 53.9. The minimum Gasteiger partial charge on any atom is -0.467 e. The highest BCUT2D eigenvalue weighted by atomic mass is 16.6. The first-order valence-corrected chi connectivity index (χ1v) is 10.6. The fourth-order valence-electron chi connectivity index (χ4n) is 4.00. The summed E-state index contributed by atoms with van der Waals surface area (Å²) in [5.41, 5.74) is -0.730. The Bertz CT molecular complexity index is 672. The molecule has 0 aromatic carbocycles. The van der Waals surface area contributed by atoms with E-state index in [1.165, 1.54) is 12.0 Å². The van der Waals surface area contributed by atoms with Crippen LogP contribution in [0.2, 0.25) is 0 Å². The van der Waals surface area contributed by atoms with Gasteiger partial charge in [-0.05, 0) is 46.0 Å². The van der Waals surface area contributed by atoms with E-state index in [0.717, 1.165) is 0 Å². The first kappa shape index (κ1) is 24.0. The van der Waals surface area contributed by atoms with E-state index in [0.29, 0.717) is 32.2 Å². The Hall–Kier alpha value is -2.32. The van der Waals surface area contributed by atoms with Gasteiger partial charge in [-0.2, -0.15) is 0 Å². The molecule has 3 amide bonds. The summed E-state index contributed by atoms with van der Waals surface area (Å²) in [5.74, 6) is -0.719. The zero-order chi connectivity index (χ0) is 22.6. The molecular weight excluding hydrogens is 390 g/mol.